The first-order valence-corrected chi connectivity index (χ1v) is 12.1. The second-order valence-corrected chi connectivity index (χ2v) is 9.92. The van der Waals surface area contributed by atoms with Gasteiger partial charge in [0, 0.05) is 44.6 Å². The molecule has 3 aliphatic rings. The number of carbonyl (C=O) groups is 1. The van der Waals surface area contributed by atoms with E-state index >= 15 is 0 Å². The minimum atomic E-state index is 0. The lowest BCUT2D eigenvalue weighted by atomic mass is 9.95. The minimum absolute atomic E-state index is 0. The van der Waals surface area contributed by atoms with Gasteiger partial charge in [0.2, 0.25) is 5.91 Å². The maximum Gasteiger partial charge on any atom is 0.243 e. The zero-order chi connectivity index (χ0) is 20.9. The van der Waals surface area contributed by atoms with E-state index in [4.69, 9.17) is 4.74 Å². The molecule has 7 nitrogen and oxygen atoms in total. The monoisotopic (exact) mass is 561 g/mol. The Hall–Kier alpha value is -0.910. The zero-order valence-electron chi connectivity index (χ0n) is 18.6. The van der Waals surface area contributed by atoms with E-state index < -0.39 is 0 Å². The third kappa shape index (κ3) is 6.55. The van der Waals surface area contributed by atoms with Gasteiger partial charge in [0.25, 0.3) is 0 Å². The SMILES string of the molecule is CN(C)C(=O)CN=C(NCC(c1cccs1)N1CCOCC1)NC1CC2CCC1C2.I. The first kappa shape index (κ1) is 24.7. The van der Waals surface area contributed by atoms with Crippen molar-refractivity contribution in [2.45, 2.75) is 37.8 Å². The maximum absolute atomic E-state index is 12.1. The number of guanidine groups is 1. The Bertz CT molecular complexity index is 723. The Balaban J connectivity index is 0.00000272. The number of halogens is 1. The number of amides is 1. The van der Waals surface area contributed by atoms with Gasteiger partial charge in [-0.1, -0.05) is 12.5 Å². The van der Waals surface area contributed by atoms with Crippen LogP contribution >= 0.6 is 35.3 Å². The number of ether oxygens (including phenoxy) is 1. The molecule has 174 valence electrons. The van der Waals surface area contributed by atoms with E-state index in [1.54, 1.807) is 30.3 Å². The molecule has 31 heavy (non-hydrogen) atoms. The second-order valence-electron chi connectivity index (χ2n) is 8.94. The molecule has 0 aromatic carbocycles. The molecular formula is C22H36IN5O2S. The number of hydrogen-bond acceptors (Lipinski definition) is 5. The molecule has 0 spiro atoms. The molecule has 3 fully saturated rings. The summed E-state index contributed by atoms with van der Waals surface area (Å²) in [5, 5.41) is 9.39. The van der Waals surface area contributed by atoms with Crippen molar-refractivity contribution < 1.29 is 9.53 Å². The van der Waals surface area contributed by atoms with Crippen LogP contribution in [0.2, 0.25) is 0 Å². The van der Waals surface area contributed by atoms with Crippen LogP contribution in [0.4, 0.5) is 0 Å². The fourth-order valence-corrected chi connectivity index (χ4v) is 5.87. The molecule has 9 heteroatoms. The van der Waals surface area contributed by atoms with Crippen LogP contribution in [0.5, 0.6) is 0 Å². The van der Waals surface area contributed by atoms with Gasteiger partial charge in [-0.15, -0.1) is 35.3 Å². The highest BCUT2D eigenvalue weighted by Crippen LogP contribution is 2.44. The van der Waals surface area contributed by atoms with Gasteiger partial charge in [0.15, 0.2) is 5.96 Å². The molecule has 2 bridgehead atoms. The number of likely N-dealkylation sites (N-methyl/N-ethyl adjacent to an activating group) is 1. The van der Waals surface area contributed by atoms with Crippen molar-refractivity contribution in [3.05, 3.63) is 22.4 Å². The summed E-state index contributed by atoms with van der Waals surface area (Å²) in [5.74, 6) is 2.41. The van der Waals surface area contributed by atoms with Crippen LogP contribution in [-0.4, -0.2) is 81.2 Å². The predicted octanol–water partition coefficient (Wildman–Crippen LogP) is 2.55. The van der Waals surface area contributed by atoms with Gasteiger partial charge in [-0.25, -0.2) is 4.99 Å². The van der Waals surface area contributed by atoms with Gasteiger partial charge < -0.3 is 20.3 Å². The largest absolute Gasteiger partial charge is 0.379 e. The summed E-state index contributed by atoms with van der Waals surface area (Å²) in [6, 6.07) is 5.09. The van der Waals surface area contributed by atoms with Crippen LogP contribution in [0, 0.1) is 11.8 Å². The zero-order valence-corrected chi connectivity index (χ0v) is 21.7. The third-order valence-corrected chi connectivity index (χ3v) is 7.73. The van der Waals surface area contributed by atoms with Crippen molar-refractivity contribution >= 4 is 47.2 Å². The van der Waals surface area contributed by atoms with E-state index in [1.807, 2.05) is 0 Å². The summed E-state index contributed by atoms with van der Waals surface area (Å²) in [6.07, 6.45) is 5.26. The van der Waals surface area contributed by atoms with E-state index in [0.29, 0.717) is 6.04 Å². The second kappa shape index (κ2) is 11.8. The summed E-state index contributed by atoms with van der Waals surface area (Å²) in [7, 11) is 3.55. The molecule has 0 radical (unpaired) electrons. The number of rotatable bonds is 7. The molecule has 1 aliphatic heterocycles. The van der Waals surface area contributed by atoms with E-state index in [9.17, 15) is 4.79 Å². The molecule has 2 saturated carbocycles. The number of aliphatic imine (C=N–C) groups is 1. The Morgan fingerprint density at radius 1 is 1.32 bits per heavy atom. The summed E-state index contributed by atoms with van der Waals surface area (Å²) in [6.45, 7) is 4.38. The molecule has 4 unspecified atom stereocenters. The van der Waals surface area contributed by atoms with E-state index in [0.717, 1.165) is 50.6 Å². The predicted molar refractivity (Wildman–Crippen MR) is 136 cm³/mol. The van der Waals surface area contributed by atoms with Crippen LogP contribution in [0.25, 0.3) is 0 Å². The highest BCUT2D eigenvalue weighted by atomic mass is 127. The topological polar surface area (TPSA) is 69.2 Å². The molecule has 2 aliphatic carbocycles. The lowest BCUT2D eigenvalue weighted by molar-refractivity contribution is -0.127. The van der Waals surface area contributed by atoms with Gasteiger partial charge in [-0.05, 0) is 42.5 Å². The molecule has 1 aromatic rings. The minimum Gasteiger partial charge on any atom is -0.379 e. The molecule has 2 N–H and O–H groups in total. The van der Waals surface area contributed by atoms with Crippen LogP contribution in [0.3, 0.4) is 0 Å². The molecular weight excluding hydrogens is 525 g/mol. The van der Waals surface area contributed by atoms with Crippen LogP contribution in [0.15, 0.2) is 22.5 Å². The van der Waals surface area contributed by atoms with Crippen molar-refractivity contribution in [2.75, 3.05) is 53.5 Å². The van der Waals surface area contributed by atoms with Gasteiger partial charge in [-0.2, -0.15) is 0 Å². The van der Waals surface area contributed by atoms with Gasteiger partial charge in [0.1, 0.15) is 6.54 Å². The fourth-order valence-electron chi connectivity index (χ4n) is 5.01. The van der Waals surface area contributed by atoms with Crippen LogP contribution in [-0.2, 0) is 9.53 Å². The normalized spacial score (nSPS) is 26.9. The molecule has 1 amide bonds. The van der Waals surface area contributed by atoms with Gasteiger partial charge in [-0.3, -0.25) is 9.69 Å². The number of nitrogens with one attached hydrogen (secondary N) is 2. The fraction of sp³-hybridized carbons (Fsp3) is 0.727. The smallest absolute Gasteiger partial charge is 0.243 e. The van der Waals surface area contributed by atoms with Gasteiger partial charge >= 0.3 is 0 Å². The van der Waals surface area contributed by atoms with Crippen molar-refractivity contribution in [1.82, 2.24) is 20.4 Å². The average molecular weight is 562 g/mol. The first-order chi connectivity index (χ1) is 14.6. The van der Waals surface area contributed by atoms with E-state index in [2.05, 4.69) is 38.0 Å². The Morgan fingerprint density at radius 3 is 2.74 bits per heavy atom. The summed E-state index contributed by atoms with van der Waals surface area (Å²) in [4.78, 5) is 22.2. The Kier molecular flexibility index (Phi) is 9.42. The van der Waals surface area contributed by atoms with Crippen molar-refractivity contribution in [3.8, 4) is 0 Å². The van der Waals surface area contributed by atoms with E-state index in [1.165, 1.54) is 30.6 Å². The van der Waals surface area contributed by atoms with E-state index in [-0.39, 0.29) is 42.5 Å². The Morgan fingerprint density at radius 2 is 2.13 bits per heavy atom. The summed E-state index contributed by atoms with van der Waals surface area (Å²) >= 11 is 1.80. The van der Waals surface area contributed by atoms with Gasteiger partial charge in [0.05, 0.1) is 19.3 Å². The molecule has 4 rings (SSSR count). The van der Waals surface area contributed by atoms with Crippen molar-refractivity contribution in [3.63, 3.8) is 0 Å². The standard InChI is InChI=1S/C22H35N5O2S.HI/c1-26(2)21(28)15-24-22(25-18-13-16-5-6-17(18)12-16)23-14-19(20-4-3-11-30-20)27-7-9-29-10-8-27;/h3-4,11,16-19H,5-10,12-15H2,1-2H3,(H2,23,24,25);1H. The molecule has 4 atom stereocenters. The number of morpholine rings is 1. The third-order valence-electron chi connectivity index (χ3n) is 6.75. The highest BCUT2D eigenvalue weighted by Gasteiger charge is 2.40. The van der Waals surface area contributed by atoms with Crippen LogP contribution in [0.1, 0.15) is 36.6 Å². The quantitative estimate of drug-likeness (QED) is 0.305. The number of carbonyl (C=O) groups excluding carboxylic acids is 1. The van der Waals surface area contributed by atoms with Crippen LogP contribution < -0.4 is 10.6 Å². The number of fused-ring (bicyclic) bond motifs is 2. The lowest BCUT2D eigenvalue weighted by Gasteiger charge is -2.34. The average Bonchev–Trinajstić information content (AvgIpc) is 3.51. The molecule has 1 saturated heterocycles. The summed E-state index contributed by atoms with van der Waals surface area (Å²) < 4.78 is 5.56. The number of thiophene rings is 1. The molecule has 2 heterocycles. The Labute approximate surface area is 207 Å². The van der Waals surface area contributed by atoms with Crippen molar-refractivity contribution in [1.29, 1.82) is 0 Å². The molecule has 1 aromatic heterocycles. The summed E-state index contributed by atoms with van der Waals surface area (Å²) in [5.41, 5.74) is 0. The highest BCUT2D eigenvalue weighted by molar-refractivity contribution is 14.0. The number of nitrogens with zero attached hydrogens (tertiary/aromatic N) is 3. The first-order valence-electron chi connectivity index (χ1n) is 11.2. The van der Waals surface area contributed by atoms with Crippen molar-refractivity contribution in [2.24, 2.45) is 16.8 Å². The number of hydrogen-bond donors (Lipinski definition) is 2. The maximum atomic E-state index is 12.1. The lowest BCUT2D eigenvalue weighted by Crippen LogP contribution is -2.49.